The van der Waals surface area contributed by atoms with E-state index in [1.54, 1.807) is 37.7 Å². The average molecular weight is 369 g/mol. The minimum atomic E-state index is -0.230. The van der Waals surface area contributed by atoms with Gasteiger partial charge in [-0.05, 0) is 24.6 Å². The van der Waals surface area contributed by atoms with Crippen molar-refractivity contribution in [3.63, 3.8) is 0 Å². The van der Waals surface area contributed by atoms with Gasteiger partial charge >= 0.3 is 0 Å². The molecule has 0 spiro atoms. The van der Waals surface area contributed by atoms with Gasteiger partial charge in [0.05, 0.1) is 17.7 Å². The predicted molar refractivity (Wildman–Crippen MR) is 99.2 cm³/mol. The van der Waals surface area contributed by atoms with E-state index in [4.69, 9.17) is 16.3 Å². The molecule has 1 N–H and O–H groups in total. The highest BCUT2D eigenvalue weighted by molar-refractivity contribution is 6.34. The summed E-state index contributed by atoms with van der Waals surface area (Å²) in [6, 6.07) is 10.7. The van der Waals surface area contributed by atoms with Crippen molar-refractivity contribution in [3.8, 4) is 17.4 Å². The molecule has 7 heteroatoms. The predicted octanol–water partition coefficient (Wildman–Crippen LogP) is 3.44. The van der Waals surface area contributed by atoms with Crippen molar-refractivity contribution < 1.29 is 9.53 Å². The van der Waals surface area contributed by atoms with E-state index in [0.29, 0.717) is 34.5 Å². The van der Waals surface area contributed by atoms with Gasteiger partial charge < -0.3 is 10.1 Å². The van der Waals surface area contributed by atoms with Crippen LogP contribution in [0.5, 0.6) is 5.88 Å². The number of amides is 1. The van der Waals surface area contributed by atoms with Crippen LogP contribution in [0.1, 0.15) is 21.5 Å². The number of halogens is 1. The van der Waals surface area contributed by atoms with Gasteiger partial charge in [-0.2, -0.15) is 0 Å². The maximum Gasteiger partial charge on any atom is 0.253 e. The van der Waals surface area contributed by atoms with Gasteiger partial charge in [0.15, 0.2) is 5.82 Å². The fourth-order valence-electron chi connectivity index (χ4n) is 2.42. The van der Waals surface area contributed by atoms with Crippen LogP contribution in [0.15, 0.2) is 48.8 Å². The molecule has 0 radical (unpaired) electrons. The van der Waals surface area contributed by atoms with E-state index in [1.165, 1.54) is 0 Å². The second-order valence-corrected chi connectivity index (χ2v) is 6.00. The maximum atomic E-state index is 12.4. The van der Waals surface area contributed by atoms with E-state index in [1.807, 2.05) is 25.1 Å². The number of carbonyl (C=O) groups excluding carboxylic acids is 1. The zero-order chi connectivity index (χ0) is 18.5. The second kappa shape index (κ2) is 7.93. The third kappa shape index (κ3) is 3.97. The number of nitrogens with zero attached hydrogens (tertiary/aromatic N) is 3. The second-order valence-electron chi connectivity index (χ2n) is 5.59. The number of benzene rings is 1. The Balaban J connectivity index is 1.69. The molecule has 0 atom stereocenters. The molecule has 0 saturated carbocycles. The van der Waals surface area contributed by atoms with Crippen LogP contribution in [0.25, 0.3) is 11.5 Å². The number of rotatable bonds is 5. The first-order valence-corrected chi connectivity index (χ1v) is 8.32. The number of aryl methyl sites for hydroxylation is 1. The number of methoxy groups -OCH3 is 1. The van der Waals surface area contributed by atoms with E-state index in [9.17, 15) is 4.79 Å². The van der Waals surface area contributed by atoms with Crippen molar-refractivity contribution in [1.29, 1.82) is 0 Å². The van der Waals surface area contributed by atoms with Gasteiger partial charge in [0, 0.05) is 30.6 Å². The number of aromatic nitrogens is 3. The molecule has 0 aliphatic rings. The zero-order valence-corrected chi connectivity index (χ0v) is 15.1. The fourth-order valence-corrected chi connectivity index (χ4v) is 2.73. The summed E-state index contributed by atoms with van der Waals surface area (Å²) in [4.78, 5) is 25.3. The van der Waals surface area contributed by atoms with Gasteiger partial charge in [-0.3, -0.25) is 4.79 Å². The molecule has 6 nitrogen and oxygen atoms in total. The minimum Gasteiger partial charge on any atom is -0.481 e. The minimum absolute atomic E-state index is 0.230. The Morgan fingerprint density at radius 3 is 2.58 bits per heavy atom. The maximum absolute atomic E-state index is 12.4. The van der Waals surface area contributed by atoms with Gasteiger partial charge in [0.2, 0.25) is 5.88 Å². The lowest BCUT2D eigenvalue weighted by Crippen LogP contribution is -2.24. The summed E-state index contributed by atoms with van der Waals surface area (Å²) in [5.74, 6) is 0.755. The van der Waals surface area contributed by atoms with Crippen LogP contribution in [0, 0.1) is 6.92 Å². The van der Waals surface area contributed by atoms with E-state index < -0.39 is 0 Å². The van der Waals surface area contributed by atoms with Crippen LogP contribution in [-0.2, 0) is 6.54 Å². The third-order valence-corrected chi connectivity index (χ3v) is 4.08. The molecule has 0 aliphatic carbocycles. The lowest BCUT2D eigenvalue weighted by molar-refractivity contribution is 0.0950. The van der Waals surface area contributed by atoms with Gasteiger partial charge in [0.25, 0.3) is 5.91 Å². The Morgan fingerprint density at radius 1 is 1.15 bits per heavy atom. The molecule has 1 amide bonds. The van der Waals surface area contributed by atoms with Crippen molar-refractivity contribution in [2.75, 3.05) is 7.11 Å². The van der Waals surface area contributed by atoms with Gasteiger partial charge in [-0.1, -0.05) is 29.8 Å². The number of ether oxygens (including phenoxy) is 1. The smallest absolute Gasteiger partial charge is 0.253 e. The molecular formula is C19H17ClN4O2. The number of pyridine rings is 1. The Labute approximate surface area is 156 Å². The molecule has 0 fully saturated rings. The number of hydrogen-bond donors (Lipinski definition) is 1. The van der Waals surface area contributed by atoms with Gasteiger partial charge in [-0.15, -0.1) is 0 Å². The van der Waals surface area contributed by atoms with Crippen LogP contribution in [-0.4, -0.2) is 28.0 Å². The lowest BCUT2D eigenvalue weighted by Gasteiger charge is -2.09. The summed E-state index contributed by atoms with van der Waals surface area (Å²) in [5, 5.41) is 3.26. The zero-order valence-electron chi connectivity index (χ0n) is 14.4. The Bertz CT molecular complexity index is 909. The third-order valence-electron chi connectivity index (χ3n) is 3.77. The highest BCUT2D eigenvalue weighted by Gasteiger charge is 2.13. The van der Waals surface area contributed by atoms with Crippen LogP contribution < -0.4 is 10.1 Å². The molecule has 1 aromatic carbocycles. The SMILES string of the molecule is COc1cccc(-c2ncc(CNC(=O)c3c(C)cccc3Cl)cn2)n1. The molecular weight excluding hydrogens is 352 g/mol. The molecule has 2 aromatic heterocycles. The molecule has 0 saturated heterocycles. The summed E-state index contributed by atoms with van der Waals surface area (Å²) >= 11 is 6.12. The molecule has 0 unspecified atom stereocenters. The normalized spacial score (nSPS) is 10.4. The van der Waals surface area contributed by atoms with Crippen molar-refractivity contribution in [3.05, 3.63) is 70.5 Å². The quantitative estimate of drug-likeness (QED) is 0.746. The molecule has 0 bridgehead atoms. The molecule has 132 valence electrons. The van der Waals surface area contributed by atoms with E-state index in [0.717, 1.165) is 11.1 Å². The summed E-state index contributed by atoms with van der Waals surface area (Å²) in [5.41, 5.74) is 2.69. The first-order chi connectivity index (χ1) is 12.6. The summed E-state index contributed by atoms with van der Waals surface area (Å²) in [6.07, 6.45) is 3.31. The van der Waals surface area contributed by atoms with Crippen LogP contribution in [0.2, 0.25) is 5.02 Å². The van der Waals surface area contributed by atoms with Crippen LogP contribution in [0.4, 0.5) is 0 Å². The van der Waals surface area contributed by atoms with Gasteiger partial charge in [0.1, 0.15) is 5.69 Å². The van der Waals surface area contributed by atoms with Crippen molar-refractivity contribution in [2.24, 2.45) is 0 Å². The Hall–Kier alpha value is -2.99. The topological polar surface area (TPSA) is 77.0 Å². The first-order valence-electron chi connectivity index (χ1n) is 7.94. The van der Waals surface area contributed by atoms with E-state index in [-0.39, 0.29) is 5.91 Å². The largest absolute Gasteiger partial charge is 0.481 e. The van der Waals surface area contributed by atoms with Crippen molar-refractivity contribution >= 4 is 17.5 Å². The lowest BCUT2D eigenvalue weighted by atomic mass is 10.1. The molecule has 2 heterocycles. The first kappa shape index (κ1) is 17.8. The standard InChI is InChI=1S/C19H17ClN4O2/c1-12-5-3-6-14(20)17(12)19(25)23-11-13-9-21-18(22-10-13)15-7-4-8-16(24-15)26-2/h3-10H,11H2,1-2H3,(H,23,25). The molecule has 3 rings (SSSR count). The van der Waals surface area contributed by atoms with E-state index in [2.05, 4.69) is 20.3 Å². The monoisotopic (exact) mass is 368 g/mol. The van der Waals surface area contributed by atoms with E-state index >= 15 is 0 Å². The number of nitrogens with one attached hydrogen (secondary N) is 1. The number of hydrogen-bond acceptors (Lipinski definition) is 5. The van der Waals surface area contributed by atoms with Crippen LogP contribution in [0.3, 0.4) is 0 Å². The highest BCUT2D eigenvalue weighted by Crippen LogP contribution is 2.19. The molecule has 0 aliphatic heterocycles. The van der Waals surface area contributed by atoms with Crippen molar-refractivity contribution in [2.45, 2.75) is 13.5 Å². The summed E-state index contributed by atoms with van der Waals surface area (Å²) in [6.45, 7) is 2.15. The molecule has 26 heavy (non-hydrogen) atoms. The summed E-state index contributed by atoms with van der Waals surface area (Å²) in [7, 11) is 1.56. The fraction of sp³-hybridized carbons (Fsp3) is 0.158. The number of carbonyl (C=O) groups is 1. The average Bonchev–Trinajstić information content (AvgIpc) is 2.66. The van der Waals surface area contributed by atoms with Gasteiger partial charge in [-0.25, -0.2) is 15.0 Å². The summed E-state index contributed by atoms with van der Waals surface area (Å²) < 4.78 is 5.10. The Kier molecular flexibility index (Phi) is 5.43. The molecule has 3 aromatic rings. The Morgan fingerprint density at radius 2 is 1.88 bits per heavy atom. The highest BCUT2D eigenvalue weighted by atomic mass is 35.5. The van der Waals surface area contributed by atoms with Crippen LogP contribution >= 0.6 is 11.6 Å². The van der Waals surface area contributed by atoms with Crippen molar-refractivity contribution in [1.82, 2.24) is 20.3 Å².